The van der Waals surface area contributed by atoms with Crippen LogP contribution in [0.2, 0.25) is 0 Å². The van der Waals surface area contributed by atoms with Crippen LogP contribution in [0, 0.1) is 11.8 Å². The van der Waals surface area contributed by atoms with Crippen LogP contribution in [0.15, 0.2) is 18.6 Å². The Kier molecular flexibility index (Phi) is 2.09. The van der Waals surface area contributed by atoms with E-state index in [0.29, 0.717) is 0 Å². The highest BCUT2D eigenvalue weighted by atomic mass is 15.2. The molecule has 2 aromatic rings. The average Bonchev–Trinajstić information content (AvgIpc) is 2.85. The van der Waals surface area contributed by atoms with Gasteiger partial charge in [-0.15, -0.1) is 0 Å². The Balaban J connectivity index is 2.03. The van der Waals surface area contributed by atoms with Crippen molar-refractivity contribution in [1.82, 2.24) is 15.0 Å². The second-order valence-electron chi connectivity index (χ2n) is 4.80. The van der Waals surface area contributed by atoms with E-state index >= 15 is 0 Å². The van der Waals surface area contributed by atoms with Crippen molar-refractivity contribution >= 4 is 16.9 Å². The smallest absolute Gasteiger partial charge is 0.142 e. The summed E-state index contributed by atoms with van der Waals surface area (Å²) in [5.41, 5.74) is 0.928. The van der Waals surface area contributed by atoms with Crippen LogP contribution in [0.5, 0.6) is 0 Å². The maximum Gasteiger partial charge on any atom is 0.142 e. The Hall–Kier alpha value is -1.58. The van der Waals surface area contributed by atoms with Gasteiger partial charge in [0, 0.05) is 19.3 Å². The zero-order chi connectivity index (χ0) is 11.1. The summed E-state index contributed by atoms with van der Waals surface area (Å²) in [7, 11) is 0. The number of nitrogens with one attached hydrogen (secondary N) is 1. The average molecular weight is 216 g/mol. The third kappa shape index (κ3) is 1.37. The number of hydrogen-bond donors (Lipinski definition) is 1. The lowest BCUT2D eigenvalue weighted by molar-refractivity contribution is 0.494. The zero-order valence-corrected chi connectivity index (χ0v) is 9.64. The van der Waals surface area contributed by atoms with Crippen LogP contribution >= 0.6 is 0 Å². The standard InChI is InChI=1S/C12H16N4/c1-8-5-16(6-9(8)2)12-10-3-4-13-11(10)14-7-15-12/h3-4,7-9H,5-6H2,1-2H3,(H,13,14,15). The molecule has 1 saturated heterocycles. The van der Waals surface area contributed by atoms with Gasteiger partial charge in [-0.2, -0.15) is 0 Å². The molecule has 3 rings (SSSR count). The molecule has 0 radical (unpaired) electrons. The van der Waals surface area contributed by atoms with Crippen LogP contribution < -0.4 is 4.90 Å². The summed E-state index contributed by atoms with van der Waals surface area (Å²) in [4.78, 5) is 14.1. The predicted molar refractivity (Wildman–Crippen MR) is 64.4 cm³/mol. The third-order valence-electron chi connectivity index (χ3n) is 3.62. The monoisotopic (exact) mass is 216 g/mol. The van der Waals surface area contributed by atoms with Gasteiger partial charge in [-0.1, -0.05) is 13.8 Å². The van der Waals surface area contributed by atoms with E-state index in [2.05, 4.69) is 39.8 Å². The molecule has 0 spiro atoms. The van der Waals surface area contributed by atoms with Crippen LogP contribution in [0.25, 0.3) is 11.0 Å². The van der Waals surface area contributed by atoms with Gasteiger partial charge in [-0.05, 0) is 17.9 Å². The lowest BCUT2D eigenvalue weighted by atomic mass is 10.0. The summed E-state index contributed by atoms with van der Waals surface area (Å²) in [6, 6.07) is 2.05. The van der Waals surface area contributed by atoms with Gasteiger partial charge in [0.05, 0.1) is 5.39 Å². The minimum atomic E-state index is 0.740. The van der Waals surface area contributed by atoms with Gasteiger partial charge in [0.2, 0.25) is 0 Å². The first-order valence-electron chi connectivity index (χ1n) is 5.78. The number of aromatic nitrogens is 3. The Labute approximate surface area is 94.7 Å². The molecule has 0 aliphatic carbocycles. The van der Waals surface area contributed by atoms with Gasteiger partial charge in [-0.25, -0.2) is 9.97 Å². The van der Waals surface area contributed by atoms with Crippen molar-refractivity contribution in [2.24, 2.45) is 11.8 Å². The molecule has 0 bridgehead atoms. The molecule has 0 amide bonds. The van der Waals surface area contributed by atoms with Crippen molar-refractivity contribution < 1.29 is 0 Å². The van der Waals surface area contributed by atoms with Gasteiger partial charge in [0.15, 0.2) is 0 Å². The highest BCUT2D eigenvalue weighted by Crippen LogP contribution is 2.30. The largest absolute Gasteiger partial charge is 0.355 e. The van der Waals surface area contributed by atoms with Crippen LogP contribution in [0.4, 0.5) is 5.82 Å². The number of hydrogen-bond acceptors (Lipinski definition) is 3. The lowest BCUT2D eigenvalue weighted by Crippen LogP contribution is -2.21. The van der Waals surface area contributed by atoms with Gasteiger partial charge in [0.25, 0.3) is 0 Å². The molecule has 4 heteroatoms. The molecule has 2 unspecified atom stereocenters. The fourth-order valence-electron chi connectivity index (χ4n) is 2.41. The van der Waals surface area contributed by atoms with E-state index in [1.807, 2.05) is 6.20 Å². The molecule has 1 fully saturated rings. The number of anilines is 1. The van der Waals surface area contributed by atoms with Gasteiger partial charge >= 0.3 is 0 Å². The summed E-state index contributed by atoms with van der Waals surface area (Å²) in [5.74, 6) is 2.55. The first-order valence-corrected chi connectivity index (χ1v) is 5.78. The van der Waals surface area contributed by atoms with E-state index in [9.17, 15) is 0 Å². The third-order valence-corrected chi connectivity index (χ3v) is 3.62. The summed E-state index contributed by atoms with van der Waals surface area (Å²) >= 11 is 0. The van der Waals surface area contributed by atoms with Gasteiger partial charge < -0.3 is 9.88 Å². The van der Waals surface area contributed by atoms with E-state index in [0.717, 1.165) is 41.8 Å². The van der Waals surface area contributed by atoms with E-state index in [4.69, 9.17) is 0 Å². The molecule has 2 aromatic heterocycles. The first kappa shape index (κ1) is 9.63. The van der Waals surface area contributed by atoms with Crippen molar-refractivity contribution in [1.29, 1.82) is 0 Å². The molecule has 3 heterocycles. The molecule has 1 aliphatic rings. The zero-order valence-electron chi connectivity index (χ0n) is 9.64. The van der Waals surface area contributed by atoms with Crippen molar-refractivity contribution in [2.75, 3.05) is 18.0 Å². The van der Waals surface area contributed by atoms with E-state index in [1.165, 1.54) is 0 Å². The highest BCUT2D eigenvalue weighted by Gasteiger charge is 2.27. The molecule has 1 aliphatic heterocycles. The molecule has 4 nitrogen and oxygen atoms in total. The second-order valence-corrected chi connectivity index (χ2v) is 4.80. The summed E-state index contributed by atoms with van der Waals surface area (Å²) in [5, 5.41) is 1.13. The molecule has 0 saturated carbocycles. The topological polar surface area (TPSA) is 44.8 Å². The Morgan fingerprint density at radius 1 is 1.25 bits per heavy atom. The predicted octanol–water partition coefficient (Wildman–Crippen LogP) is 2.05. The minimum absolute atomic E-state index is 0.740. The number of nitrogens with zero attached hydrogens (tertiary/aromatic N) is 3. The Morgan fingerprint density at radius 2 is 2.00 bits per heavy atom. The van der Waals surface area contributed by atoms with Crippen molar-refractivity contribution in [3.8, 4) is 0 Å². The van der Waals surface area contributed by atoms with Crippen LogP contribution in [0.1, 0.15) is 13.8 Å². The molecular formula is C12H16N4. The number of fused-ring (bicyclic) bond motifs is 1. The molecule has 1 N–H and O–H groups in total. The SMILES string of the molecule is CC1CN(c2ncnc3[nH]ccc23)CC1C. The molecule has 16 heavy (non-hydrogen) atoms. The summed E-state index contributed by atoms with van der Waals surface area (Å²) in [6.07, 6.45) is 3.56. The van der Waals surface area contributed by atoms with Crippen molar-refractivity contribution in [3.63, 3.8) is 0 Å². The fraction of sp³-hybridized carbons (Fsp3) is 0.500. The maximum atomic E-state index is 4.42. The normalized spacial score (nSPS) is 25.5. The Morgan fingerprint density at radius 3 is 2.75 bits per heavy atom. The summed E-state index contributed by atoms with van der Waals surface area (Å²) < 4.78 is 0. The molecule has 84 valence electrons. The fourth-order valence-corrected chi connectivity index (χ4v) is 2.41. The van der Waals surface area contributed by atoms with Gasteiger partial charge in [0.1, 0.15) is 17.8 Å². The molecule has 2 atom stereocenters. The number of H-pyrrole nitrogens is 1. The van der Waals surface area contributed by atoms with Crippen LogP contribution in [-0.2, 0) is 0 Å². The number of aromatic amines is 1. The lowest BCUT2D eigenvalue weighted by Gasteiger charge is -2.17. The van der Waals surface area contributed by atoms with E-state index < -0.39 is 0 Å². The van der Waals surface area contributed by atoms with Crippen LogP contribution in [-0.4, -0.2) is 28.0 Å². The quantitative estimate of drug-likeness (QED) is 0.793. The minimum Gasteiger partial charge on any atom is -0.355 e. The van der Waals surface area contributed by atoms with Crippen LogP contribution in [0.3, 0.4) is 0 Å². The highest BCUT2D eigenvalue weighted by molar-refractivity contribution is 5.87. The summed E-state index contributed by atoms with van der Waals surface area (Å²) in [6.45, 7) is 6.80. The van der Waals surface area contributed by atoms with Crippen molar-refractivity contribution in [3.05, 3.63) is 18.6 Å². The first-order chi connectivity index (χ1) is 7.75. The second kappa shape index (κ2) is 3.47. The van der Waals surface area contributed by atoms with Gasteiger partial charge in [-0.3, -0.25) is 0 Å². The molecule has 0 aromatic carbocycles. The number of rotatable bonds is 1. The maximum absolute atomic E-state index is 4.42. The Bertz CT molecular complexity index is 494. The van der Waals surface area contributed by atoms with Crippen molar-refractivity contribution in [2.45, 2.75) is 13.8 Å². The van der Waals surface area contributed by atoms with E-state index in [-0.39, 0.29) is 0 Å². The van der Waals surface area contributed by atoms with E-state index in [1.54, 1.807) is 6.33 Å². The molecular weight excluding hydrogens is 200 g/mol.